The van der Waals surface area contributed by atoms with Gasteiger partial charge < -0.3 is 5.73 Å². The Hall–Kier alpha value is -3.37. The van der Waals surface area contributed by atoms with Crippen LogP contribution in [0.15, 0.2) is 57.8 Å². The Morgan fingerprint density at radius 1 is 1.10 bits per heavy atom. The third-order valence-electron chi connectivity index (χ3n) is 4.72. The van der Waals surface area contributed by atoms with E-state index >= 15 is 0 Å². The van der Waals surface area contributed by atoms with Gasteiger partial charge in [0, 0.05) is 15.6 Å². The van der Waals surface area contributed by atoms with Gasteiger partial charge in [-0.2, -0.15) is 9.50 Å². The number of halogens is 1. The van der Waals surface area contributed by atoms with Gasteiger partial charge in [0.25, 0.3) is 11.5 Å². The van der Waals surface area contributed by atoms with Gasteiger partial charge in [-0.25, -0.2) is 0 Å². The molecule has 0 saturated heterocycles. The Morgan fingerprint density at radius 2 is 1.83 bits per heavy atom. The molecule has 2 aromatic carbocycles. The second kappa shape index (κ2) is 6.85. The number of carbonyl (C=O) groups excluding carboxylic acids is 2. The summed E-state index contributed by atoms with van der Waals surface area (Å²) in [7, 11) is 0. The lowest BCUT2D eigenvalue weighted by Crippen LogP contribution is -2.37. The van der Waals surface area contributed by atoms with E-state index < -0.39 is 17.4 Å². The number of primary amides is 1. The lowest BCUT2D eigenvalue weighted by atomic mass is 10.1. The van der Waals surface area contributed by atoms with Gasteiger partial charge in [0.15, 0.2) is 5.82 Å². The van der Waals surface area contributed by atoms with E-state index in [4.69, 9.17) is 5.73 Å². The van der Waals surface area contributed by atoms with E-state index in [1.54, 1.807) is 24.3 Å². The summed E-state index contributed by atoms with van der Waals surface area (Å²) in [6.45, 7) is -0.262. The van der Waals surface area contributed by atoms with Gasteiger partial charge >= 0.3 is 0 Å². The van der Waals surface area contributed by atoms with Crippen molar-refractivity contribution in [1.29, 1.82) is 0 Å². The molecule has 148 valence electrons. The fraction of sp³-hybridized carbons (Fsp3) is 0.0500. The maximum atomic E-state index is 13.1. The van der Waals surface area contributed by atoms with Gasteiger partial charge in [-0.05, 0) is 18.2 Å². The first kappa shape index (κ1) is 18.6. The number of thiazole rings is 1. The maximum Gasteiger partial charge on any atom is 0.291 e. The SMILES string of the molecule is NC(=O)CN1C(=O)C(=c2sc3nc(-c4ccc(Br)cc4)nn3c2=O)c2ccccc21. The Labute approximate surface area is 181 Å². The van der Waals surface area contributed by atoms with Crippen molar-refractivity contribution in [3.8, 4) is 11.4 Å². The van der Waals surface area contributed by atoms with Crippen molar-refractivity contribution in [2.24, 2.45) is 5.73 Å². The number of rotatable bonds is 3. The molecule has 0 bridgehead atoms. The Morgan fingerprint density at radius 3 is 2.53 bits per heavy atom. The number of carbonyl (C=O) groups is 2. The van der Waals surface area contributed by atoms with E-state index in [0.29, 0.717) is 22.0 Å². The number of hydrogen-bond acceptors (Lipinski definition) is 6. The van der Waals surface area contributed by atoms with Gasteiger partial charge in [-0.3, -0.25) is 19.3 Å². The van der Waals surface area contributed by atoms with Crippen LogP contribution in [-0.4, -0.2) is 33.0 Å². The van der Waals surface area contributed by atoms with Crippen LogP contribution in [0.1, 0.15) is 5.56 Å². The molecule has 0 radical (unpaired) electrons. The van der Waals surface area contributed by atoms with Crippen LogP contribution in [0.5, 0.6) is 0 Å². The molecule has 1 aliphatic rings. The van der Waals surface area contributed by atoms with Gasteiger partial charge in [0.1, 0.15) is 11.1 Å². The van der Waals surface area contributed by atoms with Crippen LogP contribution in [0, 0.1) is 0 Å². The van der Waals surface area contributed by atoms with Crippen LogP contribution < -0.4 is 20.7 Å². The van der Waals surface area contributed by atoms with Crippen LogP contribution in [0.3, 0.4) is 0 Å². The Balaban J connectivity index is 1.70. The highest BCUT2D eigenvalue weighted by Gasteiger charge is 2.35. The summed E-state index contributed by atoms with van der Waals surface area (Å²) >= 11 is 4.48. The molecule has 30 heavy (non-hydrogen) atoms. The number of para-hydroxylation sites is 1. The maximum absolute atomic E-state index is 13.1. The summed E-state index contributed by atoms with van der Waals surface area (Å²) in [6, 6.07) is 14.4. The smallest absolute Gasteiger partial charge is 0.291 e. The summed E-state index contributed by atoms with van der Waals surface area (Å²) in [4.78, 5) is 43.7. The molecule has 0 saturated carbocycles. The van der Waals surface area contributed by atoms with E-state index in [0.717, 1.165) is 21.4 Å². The molecule has 0 unspecified atom stereocenters. The molecule has 4 aromatic rings. The number of nitrogens with two attached hydrogens (primary N) is 1. The highest BCUT2D eigenvalue weighted by molar-refractivity contribution is 9.10. The van der Waals surface area contributed by atoms with E-state index in [-0.39, 0.29) is 16.7 Å². The largest absolute Gasteiger partial charge is 0.368 e. The zero-order valence-corrected chi connectivity index (χ0v) is 17.6. The standard InChI is InChI=1S/C20H12BrN5O3S/c21-11-7-5-10(6-8-11)17-23-20-26(24-17)19(29)16(30-20)15-12-3-1-2-4-13(12)25(18(15)28)9-14(22)27/h1-8H,9H2,(H2,22,27). The fourth-order valence-electron chi connectivity index (χ4n) is 3.42. The molecule has 0 fully saturated rings. The van der Waals surface area contributed by atoms with Crippen molar-refractivity contribution < 1.29 is 9.59 Å². The molecular formula is C20H12BrN5O3S. The second-order valence-electron chi connectivity index (χ2n) is 6.62. The first-order valence-electron chi connectivity index (χ1n) is 8.83. The minimum absolute atomic E-state index is 0.233. The van der Waals surface area contributed by atoms with E-state index in [1.165, 1.54) is 9.42 Å². The molecule has 2 N–H and O–H groups in total. The van der Waals surface area contributed by atoms with Crippen molar-refractivity contribution in [2.75, 3.05) is 11.4 Å². The van der Waals surface area contributed by atoms with Crippen LogP contribution in [0.25, 0.3) is 21.9 Å². The van der Waals surface area contributed by atoms with E-state index in [2.05, 4.69) is 26.0 Å². The molecule has 0 aliphatic carbocycles. The monoisotopic (exact) mass is 481 g/mol. The number of aromatic nitrogens is 3. The van der Waals surface area contributed by atoms with Crippen molar-refractivity contribution in [1.82, 2.24) is 14.6 Å². The number of hydrogen-bond donors (Lipinski definition) is 1. The molecule has 2 amide bonds. The first-order chi connectivity index (χ1) is 14.4. The van der Waals surface area contributed by atoms with Crippen molar-refractivity contribution >= 4 is 55.3 Å². The molecule has 0 atom stereocenters. The third kappa shape index (κ3) is 2.84. The van der Waals surface area contributed by atoms with Crippen LogP contribution in [0.4, 0.5) is 5.69 Å². The van der Waals surface area contributed by atoms with Crippen LogP contribution in [-0.2, 0) is 9.59 Å². The number of amides is 2. The average molecular weight is 482 g/mol. The minimum atomic E-state index is -0.636. The molecule has 5 rings (SSSR count). The average Bonchev–Trinajstić information content (AvgIpc) is 3.35. The predicted molar refractivity (Wildman–Crippen MR) is 116 cm³/mol. The topological polar surface area (TPSA) is 111 Å². The van der Waals surface area contributed by atoms with Crippen LogP contribution in [0.2, 0.25) is 0 Å². The van der Waals surface area contributed by atoms with Crippen molar-refractivity contribution in [3.05, 3.63) is 73.5 Å². The molecule has 10 heteroatoms. The quantitative estimate of drug-likeness (QED) is 0.474. The zero-order chi connectivity index (χ0) is 21.0. The molecular weight excluding hydrogens is 470 g/mol. The third-order valence-corrected chi connectivity index (χ3v) is 6.28. The number of fused-ring (bicyclic) bond motifs is 2. The van der Waals surface area contributed by atoms with Gasteiger partial charge in [-0.1, -0.05) is 57.6 Å². The highest BCUT2D eigenvalue weighted by atomic mass is 79.9. The summed E-state index contributed by atoms with van der Waals surface area (Å²) in [5, 5.41) is 4.33. The highest BCUT2D eigenvalue weighted by Crippen LogP contribution is 2.34. The van der Waals surface area contributed by atoms with E-state index in [1.807, 2.05) is 24.3 Å². The number of nitrogens with zero attached hydrogens (tertiary/aromatic N) is 4. The number of benzene rings is 2. The molecule has 1 aliphatic heterocycles. The van der Waals surface area contributed by atoms with Gasteiger partial charge in [0.2, 0.25) is 10.9 Å². The second-order valence-corrected chi connectivity index (χ2v) is 8.52. The predicted octanol–water partition coefficient (Wildman–Crippen LogP) is 1.33. The Bertz CT molecular complexity index is 1460. The minimum Gasteiger partial charge on any atom is -0.368 e. The summed E-state index contributed by atoms with van der Waals surface area (Å²) in [5.41, 5.74) is 7.02. The fourth-order valence-corrected chi connectivity index (χ4v) is 4.68. The lowest BCUT2D eigenvalue weighted by Gasteiger charge is -2.14. The zero-order valence-electron chi connectivity index (χ0n) is 15.2. The van der Waals surface area contributed by atoms with Gasteiger partial charge in [0.05, 0.1) is 11.3 Å². The molecule has 2 aromatic heterocycles. The van der Waals surface area contributed by atoms with Crippen molar-refractivity contribution in [3.63, 3.8) is 0 Å². The van der Waals surface area contributed by atoms with Crippen LogP contribution >= 0.6 is 27.3 Å². The summed E-state index contributed by atoms with van der Waals surface area (Å²) in [5.74, 6) is -0.649. The van der Waals surface area contributed by atoms with E-state index in [9.17, 15) is 14.4 Å². The molecule has 8 nitrogen and oxygen atoms in total. The van der Waals surface area contributed by atoms with Gasteiger partial charge in [-0.15, -0.1) is 5.10 Å². The molecule has 0 spiro atoms. The normalized spacial score (nSPS) is 15.1. The first-order valence-corrected chi connectivity index (χ1v) is 10.4. The Kier molecular flexibility index (Phi) is 4.26. The summed E-state index contributed by atoms with van der Waals surface area (Å²) in [6.07, 6.45) is 0. The number of anilines is 1. The summed E-state index contributed by atoms with van der Waals surface area (Å²) < 4.78 is 2.36. The van der Waals surface area contributed by atoms with Crippen molar-refractivity contribution in [2.45, 2.75) is 0 Å². The lowest BCUT2D eigenvalue weighted by molar-refractivity contribution is -0.119. The molecule has 3 heterocycles.